The topological polar surface area (TPSA) is 35.6 Å². The maximum Gasteiger partial charge on any atom is 0.321 e. The van der Waals surface area contributed by atoms with Crippen molar-refractivity contribution in [2.75, 3.05) is 31.5 Å². The van der Waals surface area contributed by atoms with Crippen LogP contribution >= 0.6 is 0 Å². The molecule has 3 rings (SSSR count). The van der Waals surface area contributed by atoms with E-state index in [1.165, 1.54) is 18.9 Å². The zero-order chi connectivity index (χ0) is 14.1. The van der Waals surface area contributed by atoms with Crippen LogP contribution in [0.4, 0.5) is 19.3 Å². The van der Waals surface area contributed by atoms with Gasteiger partial charge in [0.25, 0.3) is 0 Å². The van der Waals surface area contributed by atoms with Crippen LogP contribution in [-0.4, -0.2) is 48.1 Å². The minimum absolute atomic E-state index is 0.258. The SMILES string of the molecule is O=C(Nc1ccc(F)c(F)c1)N1CCN(C2CC2)CC1. The summed E-state index contributed by atoms with van der Waals surface area (Å²) in [5.41, 5.74) is 0.276. The summed E-state index contributed by atoms with van der Waals surface area (Å²) in [5.74, 6) is -1.87. The van der Waals surface area contributed by atoms with Crippen LogP contribution in [0.25, 0.3) is 0 Å². The average Bonchev–Trinajstić information content (AvgIpc) is 3.28. The van der Waals surface area contributed by atoms with Crippen molar-refractivity contribution in [2.24, 2.45) is 0 Å². The van der Waals surface area contributed by atoms with Crippen molar-refractivity contribution >= 4 is 11.7 Å². The third-order valence-electron chi connectivity index (χ3n) is 3.84. The van der Waals surface area contributed by atoms with Crippen LogP contribution in [0, 0.1) is 11.6 Å². The van der Waals surface area contributed by atoms with Crippen molar-refractivity contribution in [2.45, 2.75) is 18.9 Å². The summed E-state index contributed by atoms with van der Waals surface area (Å²) in [6.45, 7) is 3.11. The van der Waals surface area contributed by atoms with Gasteiger partial charge >= 0.3 is 6.03 Å². The maximum absolute atomic E-state index is 13.1. The normalized spacial score (nSPS) is 20.0. The van der Waals surface area contributed by atoms with Gasteiger partial charge in [0, 0.05) is 44.0 Å². The van der Waals surface area contributed by atoms with Gasteiger partial charge in [-0.15, -0.1) is 0 Å². The molecule has 108 valence electrons. The molecule has 0 spiro atoms. The number of hydrogen-bond acceptors (Lipinski definition) is 2. The van der Waals surface area contributed by atoms with Crippen molar-refractivity contribution < 1.29 is 13.6 Å². The molecule has 2 fully saturated rings. The van der Waals surface area contributed by atoms with E-state index in [0.717, 1.165) is 25.2 Å². The Kier molecular flexibility index (Phi) is 3.56. The molecule has 0 bridgehead atoms. The van der Waals surface area contributed by atoms with Gasteiger partial charge in [-0.25, -0.2) is 13.6 Å². The summed E-state index contributed by atoms with van der Waals surface area (Å²) in [6, 6.07) is 3.82. The number of rotatable bonds is 2. The van der Waals surface area contributed by atoms with E-state index >= 15 is 0 Å². The number of halogens is 2. The van der Waals surface area contributed by atoms with E-state index in [4.69, 9.17) is 0 Å². The van der Waals surface area contributed by atoms with E-state index in [1.807, 2.05) is 0 Å². The minimum Gasteiger partial charge on any atom is -0.322 e. The van der Waals surface area contributed by atoms with Crippen LogP contribution in [0.15, 0.2) is 18.2 Å². The van der Waals surface area contributed by atoms with Crippen molar-refractivity contribution in [1.29, 1.82) is 0 Å². The van der Waals surface area contributed by atoms with E-state index in [-0.39, 0.29) is 11.7 Å². The maximum atomic E-state index is 13.1. The third-order valence-corrected chi connectivity index (χ3v) is 3.84. The highest BCUT2D eigenvalue weighted by molar-refractivity contribution is 5.89. The Labute approximate surface area is 116 Å². The zero-order valence-corrected chi connectivity index (χ0v) is 11.1. The lowest BCUT2D eigenvalue weighted by atomic mass is 10.3. The quantitative estimate of drug-likeness (QED) is 0.902. The first-order chi connectivity index (χ1) is 9.63. The zero-order valence-electron chi connectivity index (χ0n) is 11.1. The Balaban J connectivity index is 1.55. The van der Waals surface area contributed by atoms with Crippen molar-refractivity contribution in [3.63, 3.8) is 0 Å². The number of piperazine rings is 1. The first-order valence-electron chi connectivity index (χ1n) is 6.88. The first kappa shape index (κ1) is 13.3. The highest BCUT2D eigenvalue weighted by atomic mass is 19.2. The lowest BCUT2D eigenvalue weighted by Crippen LogP contribution is -2.50. The van der Waals surface area contributed by atoms with Crippen molar-refractivity contribution in [3.8, 4) is 0 Å². The van der Waals surface area contributed by atoms with Crippen molar-refractivity contribution in [1.82, 2.24) is 9.80 Å². The molecule has 6 heteroatoms. The Bertz CT molecular complexity index is 511. The molecular weight excluding hydrogens is 264 g/mol. The standard InChI is InChI=1S/C14H17F2N3O/c15-12-4-1-10(9-13(12)16)17-14(20)19-7-5-18(6-8-19)11-2-3-11/h1,4,9,11H,2-3,5-8H2,(H,17,20). The number of carbonyl (C=O) groups is 1. The van der Waals surface area contributed by atoms with Gasteiger partial charge in [0.1, 0.15) is 0 Å². The number of hydrogen-bond donors (Lipinski definition) is 1. The fraction of sp³-hybridized carbons (Fsp3) is 0.500. The van der Waals surface area contributed by atoms with Gasteiger partial charge in [-0.2, -0.15) is 0 Å². The molecule has 1 heterocycles. The predicted octanol–water partition coefficient (Wildman–Crippen LogP) is 2.28. The number of benzene rings is 1. The molecule has 1 saturated carbocycles. The number of anilines is 1. The van der Waals surface area contributed by atoms with Crippen LogP contribution in [0.1, 0.15) is 12.8 Å². The summed E-state index contributed by atoms with van der Waals surface area (Å²) >= 11 is 0. The van der Waals surface area contributed by atoms with Crippen LogP contribution in [-0.2, 0) is 0 Å². The fourth-order valence-corrected chi connectivity index (χ4v) is 2.51. The smallest absolute Gasteiger partial charge is 0.321 e. The van der Waals surface area contributed by atoms with E-state index in [9.17, 15) is 13.6 Å². The largest absolute Gasteiger partial charge is 0.322 e. The van der Waals surface area contributed by atoms with Crippen LogP contribution in [0.3, 0.4) is 0 Å². The molecule has 0 aromatic heterocycles. The van der Waals surface area contributed by atoms with Gasteiger partial charge in [-0.3, -0.25) is 4.90 Å². The van der Waals surface area contributed by atoms with Crippen molar-refractivity contribution in [3.05, 3.63) is 29.8 Å². The number of nitrogens with zero attached hydrogens (tertiary/aromatic N) is 2. The molecule has 0 atom stereocenters. The molecule has 0 unspecified atom stereocenters. The van der Waals surface area contributed by atoms with E-state index in [0.29, 0.717) is 19.1 Å². The molecule has 1 N–H and O–H groups in total. The second-order valence-electron chi connectivity index (χ2n) is 5.31. The Hall–Kier alpha value is -1.69. The molecule has 20 heavy (non-hydrogen) atoms. The number of amides is 2. The third kappa shape index (κ3) is 2.90. The lowest BCUT2D eigenvalue weighted by Gasteiger charge is -2.34. The second kappa shape index (κ2) is 5.36. The average molecular weight is 281 g/mol. The number of urea groups is 1. The molecule has 2 aliphatic rings. The number of nitrogens with one attached hydrogen (secondary N) is 1. The van der Waals surface area contributed by atoms with Gasteiger partial charge in [0.2, 0.25) is 0 Å². The van der Waals surface area contributed by atoms with Crippen LogP contribution < -0.4 is 5.32 Å². The van der Waals surface area contributed by atoms with Gasteiger partial charge in [-0.05, 0) is 25.0 Å². The Morgan fingerprint density at radius 3 is 2.40 bits per heavy atom. The monoisotopic (exact) mass is 281 g/mol. The Morgan fingerprint density at radius 1 is 1.10 bits per heavy atom. The van der Waals surface area contributed by atoms with Crippen LogP contribution in [0.5, 0.6) is 0 Å². The minimum atomic E-state index is -0.957. The number of carbonyl (C=O) groups excluding carboxylic acids is 1. The summed E-state index contributed by atoms with van der Waals surface area (Å²) in [4.78, 5) is 16.1. The highest BCUT2D eigenvalue weighted by Crippen LogP contribution is 2.27. The summed E-state index contributed by atoms with van der Waals surface area (Å²) < 4.78 is 25.9. The molecule has 0 radical (unpaired) electrons. The van der Waals surface area contributed by atoms with Gasteiger partial charge in [-0.1, -0.05) is 0 Å². The highest BCUT2D eigenvalue weighted by Gasteiger charge is 2.32. The summed E-state index contributed by atoms with van der Waals surface area (Å²) in [6.07, 6.45) is 2.53. The molecule has 1 aromatic rings. The van der Waals surface area contributed by atoms with Crippen LogP contribution in [0.2, 0.25) is 0 Å². The summed E-state index contributed by atoms with van der Waals surface area (Å²) in [5, 5.41) is 2.60. The van der Waals surface area contributed by atoms with E-state index in [1.54, 1.807) is 4.90 Å². The molecule has 1 saturated heterocycles. The van der Waals surface area contributed by atoms with E-state index in [2.05, 4.69) is 10.2 Å². The molecule has 2 amide bonds. The molecule has 4 nitrogen and oxygen atoms in total. The lowest BCUT2D eigenvalue weighted by molar-refractivity contribution is 0.142. The molecule has 1 aliphatic heterocycles. The van der Waals surface area contributed by atoms with Gasteiger partial charge in [0.15, 0.2) is 11.6 Å². The summed E-state index contributed by atoms with van der Waals surface area (Å²) in [7, 11) is 0. The Morgan fingerprint density at radius 2 is 1.80 bits per heavy atom. The first-order valence-corrected chi connectivity index (χ1v) is 6.88. The molecule has 1 aromatic carbocycles. The molecular formula is C14H17F2N3O. The van der Waals surface area contributed by atoms with Gasteiger partial charge in [0.05, 0.1) is 0 Å². The van der Waals surface area contributed by atoms with E-state index < -0.39 is 11.6 Å². The predicted molar refractivity (Wildman–Crippen MR) is 71.5 cm³/mol. The fourth-order valence-electron chi connectivity index (χ4n) is 2.51. The van der Waals surface area contributed by atoms with Gasteiger partial charge < -0.3 is 10.2 Å². The second-order valence-corrected chi connectivity index (χ2v) is 5.31. The molecule has 1 aliphatic carbocycles.